The van der Waals surface area contributed by atoms with Crippen LogP contribution in [0.2, 0.25) is 0 Å². The largest absolute Gasteiger partial charge is 0.352 e. The number of carbonyl (C=O) groups excluding carboxylic acids is 1. The Balaban J connectivity index is 1.70. The van der Waals surface area contributed by atoms with Gasteiger partial charge in [-0.1, -0.05) is 114 Å². The first-order chi connectivity index (χ1) is 17.1. The van der Waals surface area contributed by atoms with Crippen molar-refractivity contribution in [3.8, 4) is 0 Å². The summed E-state index contributed by atoms with van der Waals surface area (Å²) in [6.45, 7) is 2.92. The molecule has 0 bridgehead atoms. The molecule has 0 atom stereocenters. The Kier molecular flexibility index (Phi) is 14.1. The quantitative estimate of drug-likeness (QED) is 0.0769. The summed E-state index contributed by atoms with van der Waals surface area (Å²) in [6.07, 6.45) is 18.7. The second kappa shape index (κ2) is 17.5. The average molecular weight is 479 g/mol. The predicted octanol–water partition coefficient (Wildman–Crippen LogP) is 8.34. The normalized spacial score (nSPS) is 11.4. The van der Waals surface area contributed by atoms with Crippen LogP contribution in [0.1, 0.15) is 102 Å². The van der Waals surface area contributed by atoms with Crippen LogP contribution in [0.4, 0.5) is 5.69 Å². The van der Waals surface area contributed by atoms with Crippen LogP contribution in [0, 0.1) is 10.1 Å². The van der Waals surface area contributed by atoms with E-state index in [-0.39, 0.29) is 11.6 Å². The van der Waals surface area contributed by atoms with Gasteiger partial charge in [0.2, 0.25) is 0 Å². The maximum atomic E-state index is 13.0. The Morgan fingerprint density at radius 1 is 0.771 bits per heavy atom. The molecule has 0 aromatic heterocycles. The van der Waals surface area contributed by atoms with Gasteiger partial charge in [-0.05, 0) is 35.8 Å². The van der Waals surface area contributed by atoms with Crippen LogP contribution in [0.5, 0.6) is 0 Å². The summed E-state index contributed by atoms with van der Waals surface area (Å²) in [5.74, 6) is -0.117. The van der Waals surface area contributed by atoms with Crippen molar-refractivity contribution in [1.29, 1.82) is 0 Å². The number of nitrogens with one attached hydrogen (secondary N) is 1. The lowest BCUT2D eigenvalue weighted by Gasteiger charge is -2.10. The maximum absolute atomic E-state index is 13.0. The van der Waals surface area contributed by atoms with Crippen molar-refractivity contribution in [3.05, 3.63) is 75.8 Å². The first kappa shape index (κ1) is 28.3. The molecule has 0 spiro atoms. The van der Waals surface area contributed by atoms with Gasteiger partial charge >= 0.3 is 0 Å². The summed E-state index contributed by atoms with van der Waals surface area (Å²) < 4.78 is 0. The molecule has 35 heavy (non-hydrogen) atoms. The lowest BCUT2D eigenvalue weighted by atomic mass is 10.0. The third kappa shape index (κ3) is 11.8. The fourth-order valence-corrected chi connectivity index (χ4v) is 4.20. The molecule has 1 amide bonds. The number of amides is 1. The standard InChI is InChI=1S/C30H42N2O3/c1-2-3-4-5-6-7-8-9-10-11-12-13-17-24-31-30(33)29(27-18-15-14-16-19-27)25-26-20-22-28(23-21-26)32(34)35/h14-16,18-23,25H,2-13,17,24H2,1H3,(H,31,33)/b29-25-. The zero-order valence-electron chi connectivity index (χ0n) is 21.3. The molecule has 0 heterocycles. The molecule has 2 rings (SSSR count). The van der Waals surface area contributed by atoms with Gasteiger partial charge in [-0.2, -0.15) is 0 Å². The number of rotatable bonds is 18. The summed E-state index contributed by atoms with van der Waals surface area (Å²) in [7, 11) is 0. The Morgan fingerprint density at radius 3 is 1.80 bits per heavy atom. The molecule has 5 nitrogen and oxygen atoms in total. The fourth-order valence-electron chi connectivity index (χ4n) is 4.20. The third-order valence-corrected chi connectivity index (χ3v) is 6.31. The Labute approximate surface area is 211 Å². The van der Waals surface area contributed by atoms with E-state index in [9.17, 15) is 14.9 Å². The maximum Gasteiger partial charge on any atom is 0.269 e. The van der Waals surface area contributed by atoms with Gasteiger partial charge in [0.1, 0.15) is 0 Å². The summed E-state index contributed by atoms with van der Waals surface area (Å²) in [6, 6.07) is 15.8. The smallest absolute Gasteiger partial charge is 0.269 e. The van der Waals surface area contributed by atoms with Crippen molar-refractivity contribution in [2.75, 3.05) is 6.54 Å². The van der Waals surface area contributed by atoms with E-state index in [1.54, 1.807) is 18.2 Å². The third-order valence-electron chi connectivity index (χ3n) is 6.31. The summed E-state index contributed by atoms with van der Waals surface area (Å²) in [5, 5.41) is 14.0. The topological polar surface area (TPSA) is 72.2 Å². The number of hydrogen-bond acceptors (Lipinski definition) is 3. The molecular weight excluding hydrogens is 436 g/mol. The molecule has 0 radical (unpaired) electrons. The van der Waals surface area contributed by atoms with E-state index >= 15 is 0 Å². The minimum Gasteiger partial charge on any atom is -0.352 e. The van der Waals surface area contributed by atoms with E-state index < -0.39 is 4.92 Å². The number of nitro groups is 1. The molecule has 0 saturated heterocycles. The Hall–Kier alpha value is -2.95. The van der Waals surface area contributed by atoms with E-state index in [2.05, 4.69) is 12.2 Å². The van der Waals surface area contributed by atoms with Crippen molar-refractivity contribution >= 4 is 23.2 Å². The summed E-state index contributed by atoms with van der Waals surface area (Å²) in [4.78, 5) is 23.4. The number of non-ortho nitro benzene ring substituents is 1. The summed E-state index contributed by atoms with van der Waals surface area (Å²) >= 11 is 0. The molecule has 0 saturated carbocycles. The van der Waals surface area contributed by atoms with Crippen LogP contribution >= 0.6 is 0 Å². The van der Waals surface area contributed by atoms with Crippen molar-refractivity contribution in [2.24, 2.45) is 0 Å². The van der Waals surface area contributed by atoms with Gasteiger partial charge < -0.3 is 5.32 Å². The molecule has 0 fully saturated rings. The van der Waals surface area contributed by atoms with Gasteiger partial charge in [0, 0.05) is 24.3 Å². The van der Waals surface area contributed by atoms with Crippen LogP contribution in [0.15, 0.2) is 54.6 Å². The number of benzene rings is 2. The van der Waals surface area contributed by atoms with Crippen molar-refractivity contribution in [1.82, 2.24) is 5.32 Å². The first-order valence-corrected chi connectivity index (χ1v) is 13.4. The number of nitrogens with zero attached hydrogens (tertiary/aromatic N) is 1. The number of carbonyl (C=O) groups is 1. The second-order valence-electron chi connectivity index (χ2n) is 9.27. The molecule has 5 heteroatoms. The molecule has 190 valence electrons. The lowest BCUT2D eigenvalue weighted by molar-refractivity contribution is -0.384. The Morgan fingerprint density at radius 2 is 1.29 bits per heavy atom. The highest BCUT2D eigenvalue weighted by atomic mass is 16.6. The van der Waals surface area contributed by atoms with Gasteiger partial charge in [0.25, 0.3) is 11.6 Å². The Bertz CT molecular complexity index is 892. The van der Waals surface area contributed by atoms with Crippen LogP contribution < -0.4 is 5.32 Å². The van der Waals surface area contributed by atoms with E-state index in [0.29, 0.717) is 12.1 Å². The highest BCUT2D eigenvalue weighted by Crippen LogP contribution is 2.21. The van der Waals surface area contributed by atoms with E-state index in [1.165, 1.54) is 82.8 Å². The molecule has 2 aromatic carbocycles. The number of unbranched alkanes of at least 4 members (excludes halogenated alkanes) is 12. The molecule has 0 aliphatic rings. The van der Waals surface area contributed by atoms with Crippen molar-refractivity contribution in [3.63, 3.8) is 0 Å². The molecule has 1 N–H and O–H groups in total. The first-order valence-electron chi connectivity index (χ1n) is 13.4. The minimum absolute atomic E-state index is 0.0373. The molecule has 0 unspecified atom stereocenters. The van der Waals surface area contributed by atoms with Gasteiger partial charge in [0.05, 0.1) is 4.92 Å². The van der Waals surface area contributed by atoms with Crippen molar-refractivity contribution < 1.29 is 9.72 Å². The zero-order chi connectivity index (χ0) is 25.1. The predicted molar refractivity (Wildman–Crippen MR) is 146 cm³/mol. The SMILES string of the molecule is CCCCCCCCCCCCCCCNC(=O)/C(=C\c1ccc([N+](=O)[O-])cc1)c1ccccc1. The van der Waals surface area contributed by atoms with Crippen LogP contribution in [0.25, 0.3) is 11.6 Å². The van der Waals surface area contributed by atoms with Gasteiger partial charge in [-0.15, -0.1) is 0 Å². The molecular formula is C30H42N2O3. The van der Waals surface area contributed by atoms with Gasteiger partial charge in [0.15, 0.2) is 0 Å². The zero-order valence-corrected chi connectivity index (χ0v) is 21.3. The highest BCUT2D eigenvalue weighted by molar-refractivity contribution is 6.24. The van der Waals surface area contributed by atoms with E-state index in [1.807, 2.05) is 30.3 Å². The average Bonchev–Trinajstić information content (AvgIpc) is 2.88. The van der Waals surface area contributed by atoms with E-state index in [0.717, 1.165) is 24.0 Å². The second-order valence-corrected chi connectivity index (χ2v) is 9.27. The lowest BCUT2D eigenvalue weighted by Crippen LogP contribution is -2.25. The number of nitro benzene ring substituents is 1. The monoisotopic (exact) mass is 478 g/mol. The van der Waals surface area contributed by atoms with Crippen LogP contribution in [0.3, 0.4) is 0 Å². The van der Waals surface area contributed by atoms with Gasteiger partial charge in [-0.25, -0.2) is 0 Å². The summed E-state index contributed by atoms with van der Waals surface area (Å²) in [5.41, 5.74) is 2.18. The highest BCUT2D eigenvalue weighted by Gasteiger charge is 2.12. The van der Waals surface area contributed by atoms with Crippen molar-refractivity contribution in [2.45, 2.75) is 90.4 Å². The van der Waals surface area contributed by atoms with Crippen LogP contribution in [-0.4, -0.2) is 17.4 Å². The molecule has 2 aromatic rings. The molecule has 0 aliphatic carbocycles. The van der Waals surface area contributed by atoms with Crippen LogP contribution in [-0.2, 0) is 4.79 Å². The van der Waals surface area contributed by atoms with E-state index in [4.69, 9.17) is 0 Å². The fraction of sp³-hybridized carbons (Fsp3) is 0.500. The van der Waals surface area contributed by atoms with Gasteiger partial charge in [-0.3, -0.25) is 14.9 Å². The minimum atomic E-state index is -0.423. The molecule has 0 aliphatic heterocycles. The number of hydrogen-bond donors (Lipinski definition) is 1.